The lowest BCUT2D eigenvalue weighted by Crippen LogP contribution is -2.51. The van der Waals surface area contributed by atoms with Crippen molar-refractivity contribution in [1.82, 2.24) is 15.0 Å². The molecule has 0 radical (unpaired) electrons. The van der Waals surface area contributed by atoms with E-state index in [0.29, 0.717) is 43.5 Å². The fourth-order valence-corrected chi connectivity index (χ4v) is 2.54. The number of furan rings is 1. The lowest BCUT2D eigenvalue weighted by atomic mass is 9.93. The third-order valence-electron chi connectivity index (χ3n) is 4.07. The summed E-state index contributed by atoms with van der Waals surface area (Å²) in [7, 11) is 0. The van der Waals surface area contributed by atoms with Gasteiger partial charge in [0.1, 0.15) is 5.76 Å². The van der Waals surface area contributed by atoms with Crippen molar-refractivity contribution < 1.29 is 18.5 Å². The van der Waals surface area contributed by atoms with Crippen molar-refractivity contribution in [2.45, 2.75) is 26.2 Å². The molecule has 1 fully saturated rings. The number of nitrogens with one attached hydrogen (secondary N) is 1. The Bertz CT molecular complexity index is 737. The summed E-state index contributed by atoms with van der Waals surface area (Å²) >= 11 is 0. The van der Waals surface area contributed by atoms with Crippen molar-refractivity contribution >= 4 is 17.8 Å². The van der Waals surface area contributed by atoms with Gasteiger partial charge in [-0.2, -0.15) is 0 Å². The van der Waals surface area contributed by atoms with Gasteiger partial charge in [0.15, 0.2) is 11.6 Å². The number of piperazine rings is 1. The lowest BCUT2D eigenvalue weighted by Gasteiger charge is -2.34. The summed E-state index contributed by atoms with van der Waals surface area (Å²) in [5.41, 5.74) is -0.173. The number of hydrogen-bond donors (Lipinski definition) is 1. The molecule has 8 heteroatoms. The third-order valence-corrected chi connectivity index (χ3v) is 4.07. The fourth-order valence-electron chi connectivity index (χ4n) is 2.54. The molecule has 3 heterocycles. The van der Waals surface area contributed by atoms with Gasteiger partial charge in [-0.05, 0) is 12.1 Å². The predicted octanol–water partition coefficient (Wildman–Crippen LogP) is 2.56. The van der Waals surface area contributed by atoms with Crippen LogP contribution in [0.4, 0.5) is 10.6 Å². The maximum Gasteiger partial charge on any atom is 0.323 e. The highest BCUT2D eigenvalue weighted by Gasteiger charge is 2.27. The first-order valence-corrected chi connectivity index (χ1v) is 8.20. The Morgan fingerprint density at radius 1 is 1.16 bits per heavy atom. The van der Waals surface area contributed by atoms with Crippen LogP contribution < -0.4 is 5.32 Å². The molecule has 2 aromatic heterocycles. The molecular weight excluding hydrogens is 324 g/mol. The van der Waals surface area contributed by atoms with Gasteiger partial charge in [-0.25, -0.2) is 4.79 Å². The Balaban J connectivity index is 1.53. The highest BCUT2D eigenvalue weighted by atomic mass is 16.5. The van der Waals surface area contributed by atoms with Gasteiger partial charge in [-0.3, -0.25) is 10.1 Å². The first-order chi connectivity index (χ1) is 11.8. The van der Waals surface area contributed by atoms with Crippen molar-refractivity contribution in [3.63, 3.8) is 0 Å². The second-order valence-electron chi connectivity index (χ2n) is 7.01. The Hall–Kier alpha value is -2.77. The molecule has 0 aliphatic carbocycles. The molecule has 25 heavy (non-hydrogen) atoms. The molecule has 8 nitrogen and oxygen atoms in total. The summed E-state index contributed by atoms with van der Waals surface area (Å²) < 4.78 is 10.4. The molecule has 2 aromatic rings. The molecule has 1 aliphatic rings. The van der Waals surface area contributed by atoms with Gasteiger partial charge in [-0.15, -0.1) is 0 Å². The van der Waals surface area contributed by atoms with Crippen LogP contribution in [0.5, 0.6) is 0 Å². The molecule has 134 valence electrons. The first kappa shape index (κ1) is 17.1. The average Bonchev–Trinajstić information content (AvgIpc) is 3.25. The van der Waals surface area contributed by atoms with Crippen LogP contribution in [0.1, 0.15) is 37.1 Å². The summed E-state index contributed by atoms with van der Waals surface area (Å²) in [5.74, 6) is 1.26. The summed E-state index contributed by atoms with van der Waals surface area (Å²) in [5, 5.41) is 6.62. The van der Waals surface area contributed by atoms with E-state index in [9.17, 15) is 9.59 Å². The van der Waals surface area contributed by atoms with Gasteiger partial charge in [0, 0.05) is 37.7 Å². The molecule has 1 aliphatic heterocycles. The van der Waals surface area contributed by atoms with E-state index >= 15 is 0 Å². The highest BCUT2D eigenvalue weighted by molar-refractivity contribution is 5.92. The number of nitrogens with zero attached hydrogens (tertiary/aromatic N) is 3. The number of amides is 3. The van der Waals surface area contributed by atoms with Gasteiger partial charge in [0.25, 0.3) is 5.91 Å². The number of aromatic nitrogens is 1. The standard InChI is InChI=1S/C17H22N4O4/c1-17(2,3)13-11-14(19-25-13)18-16(23)21-8-6-20(7-9-21)15(22)12-5-4-10-24-12/h4-5,10-11H,6-9H2,1-3H3,(H,18,19,23). The SMILES string of the molecule is CC(C)(C)c1cc(NC(=O)N2CCN(C(=O)c3ccco3)CC2)no1. The number of carbonyl (C=O) groups excluding carboxylic acids is 2. The van der Waals surface area contributed by atoms with E-state index < -0.39 is 0 Å². The van der Waals surface area contributed by atoms with Gasteiger partial charge >= 0.3 is 6.03 Å². The Kier molecular flexibility index (Phi) is 4.52. The van der Waals surface area contributed by atoms with Crippen molar-refractivity contribution in [1.29, 1.82) is 0 Å². The molecule has 0 atom stereocenters. The second kappa shape index (κ2) is 6.62. The predicted molar refractivity (Wildman–Crippen MR) is 90.4 cm³/mol. The molecule has 1 N–H and O–H groups in total. The smallest absolute Gasteiger partial charge is 0.323 e. The largest absolute Gasteiger partial charge is 0.459 e. The maximum absolute atomic E-state index is 12.3. The van der Waals surface area contributed by atoms with E-state index in [1.54, 1.807) is 28.0 Å². The van der Waals surface area contributed by atoms with Crippen LogP contribution in [-0.4, -0.2) is 53.1 Å². The van der Waals surface area contributed by atoms with Crippen LogP contribution in [0, 0.1) is 0 Å². The van der Waals surface area contributed by atoms with Crippen molar-refractivity contribution in [3.05, 3.63) is 36.0 Å². The van der Waals surface area contributed by atoms with Crippen LogP contribution in [0.15, 0.2) is 33.4 Å². The topological polar surface area (TPSA) is 91.8 Å². The molecule has 3 rings (SSSR count). The molecule has 3 amide bonds. The van der Waals surface area contributed by atoms with Crippen LogP contribution in [0.25, 0.3) is 0 Å². The molecule has 0 unspecified atom stereocenters. The van der Waals surface area contributed by atoms with E-state index in [1.165, 1.54) is 6.26 Å². The zero-order valence-corrected chi connectivity index (χ0v) is 14.6. The van der Waals surface area contributed by atoms with Crippen molar-refractivity contribution in [3.8, 4) is 0 Å². The molecule has 0 spiro atoms. The van der Waals surface area contributed by atoms with Crippen LogP contribution in [0.2, 0.25) is 0 Å². The quantitative estimate of drug-likeness (QED) is 0.902. The normalized spacial score (nSPS) is 15.3. The van der Waals surface area contributed by atoms with Gasteiger partial charge < -0.3 is 18.7 Å². The number of hydrogen-bond acceptors (Lipinski definition) is 5. The van der Waals surface area contributed by atoms with Crippen LogP contribution in [0.3, 0.4) is 0 Å². The Labute approximate surface area is 145 Å². The Morgan fingerprint density at radius 2 is 1.84 bits per heavy atom. The molecule has 0 saturated carbocycles. The summed E-state index contributed by atoms with van der Waals surface area (Å²) in [6, 6.07) is 4.80. The van der Waals surface area contributed by atoms with Gasteiger partial charge in [-0.1, -0.05) is 25.9 Å². The maximum atomic E-state index is 12.3. The zero-order chi connectivity index (χ0) is 18.0. The minimum atomic E-state index is -0.251. The molecular formula is C17H22N4O4. The van der Waals surface area contributed by atoms with E-state index in [0.717, 1.165) is 0 Å². The fraction of sp³-hybridized carbons (Fsp3) is 0.471. The number of carbonyl (C=O) groups is 2. The number of rotatable bonds is 2. The van der Waals surface area contributed by atoms with E-state index in [2.05, 4.69) is 10.5 Å². The second-order valence-corrected chi connectivity index (χ2v) is 7.01. The third kappa shape index (κ3) is 3.84. The van der Waals surface area contributed by atoms with Crippen LogP contribution >= 0.6 is 0 Å². The van der Waals surface area contributed by atoms with Gasteiger partial charge in [0.2, 0.25) is 0 Å². The van der Waals surface area contributed by atoms with E-state index in [4.69, 9.17) is 8.94 Å². The number of anilines is 1. The van der Waals surface area contributed by atoms with E-state index in [1.807, 2.05) is 20.8 Å². The lowest BCUT2D eigenvalue weighted by molar-refractivity contribution is 0.0640. The first-order valence-electron chi connectivity index (χ1n) is 8.20. The molecule has 0 bridgehead atoms. The highest BCUT2D eigenvalue weighted by Crippen LogP contribution is 2.24. The van der Waals surface area contributed by atoms with Crippen molar-refractivity contribution in [2.24, 2.45) is 0 Å². The average molecular weight is 346 g/mol. The minimum absolute atomic E-state index is 0.156. The van der Waals surface area contributed by atoms with Crippen molar-refractivity contribution in [2.75, 3.05) is 31.5 Å². The van der Waals surface area contributed by atoms with Crippen LogP contribution in [-0.2, 0) is 5.41 Å². The Morgan fingerprint density at radius 3 is 2.40 bits per heavy atom. The van der Waals surface area contributed by atoms with E-state index in [-0.39, 0.29) is 17.4 Å². The number of urea groups is 1. The zero-order valence-electron chi connectivity index (χ0n) is 14.6. The summed E-state index contributed by atoms with van der Waals surface area (Å²) in [4.78, 5) is 27.9. The molecule has 1 saturated heterocycles. The summed E-state index contributed by atoms with van der Waals surface area (Å²) in [6.45, 7) is 7.83. The monoisotopic (exact) mass is 346 g/mol. The molecule has 0 aromatic carbocycles. The summed E-state index contributed by atoms with van der Waals surface area (Å²) in [6.07, 6.45) is 1.47. The van der Waals surface area contributed by atoms with Gasteiger partial charge in [0.05, 0.1) is 6.26 Å². The minimum Gasteiger partial charge on any atom is -0.459 e.